The molecule has 0 radical (unpaired) electrons. The van der Waals surface area contributed by atoms with E-state index in [-0.39, 0.29) is 11.3 Å². The molecule has 0 aliphatic rings. The average Bonchev–Trinajstić information content (AvgIpc) is 2.24. The summed E-state index contributed by atoms with van der Waals surface area (Å²) in [6.45, 7) is 0. The van der Waals surface area contributed by atoms with Gasteiger partial charge in [0.2, 0.25) is 5.24 Å². The van der Waals surface area contributed by atoms with Crippen molar-refractivity contribution in [3.63, 3.8) is 0 Å². The van der Waals surface area contributed by atoms with Crippen molar-refractivity contribution in [3.8, 4) is 5.75 Å². The van der Waals surface area contributed by atoms with Gasteiger partial charge < -0.3 is 9.94 Å². The van der Waals surface area contributed by atoms with Gasteiger partial charge in [-0.3, -0.25) is 4.79 Å². The summed E-state index contributed by atoms with van der Waals surface area (Å²) >= 11 is 5.03. The molecule has 0 saturated carbocycles. The molecule has 0 atom stereocenters. The van der Waals surface area contributed by atoms with E-state index in [9.17, 15) is 9.59 Å². The third kappa shape index (κ3) is 3.62. The normalized spacial score (nSPS) is 10.1. The molecule has 0 aliphatic carbocycles. The molecule has 1 rings (SSSR count). The predicted molar refractivity (Wildman–Crippen MR) is 57.2 cm³/mol. The lowest BCUT2D eigenvalue weighted by atomic mass is 10.2. The number of benzene rings is 1. The fourth-order valence-electron chi connectivity index (χ4n) is 0.929. The number of carboxylic acids is 1. The first-order valence-corrected chi connectivity index (χ1v) is 4.60. The number of carboxylic acid groups (broad SMARTS) is 1. The molecule has 2 N–H and O–H groups in total. The number of hydrogen-bond acceptors (Lipinski definition) is 4. The number of rotatable bonds is 5. The van der Waals surface area contributed by atoms with Crippen LogP contribution in [0, 0.1) is 0 Å². The van der Waals surface area contributed by atoms with Gasteiger partial charge in [-0.05, 0) is 23.7 Å². The average molecular weight is 242 g/mol. The van der Waals surface area contributed by atoms with E-state index in [4.69, 9.17) is 21.5 Å². The Morgan fingerprint density at radius 2 is 2.06 bits per heavy atom. The van der Waals surface area contributed by atoms with Gasteiger partial charge >= 0.3 is 5.97 Å². The Morgan fingerprint density at radius 3 is 2.69 bits per heavy atom. The summed E-state index contributed by atoms with van der Waals surface area (Å²) in [6.07, 6.45) is 2.19. The van der Waals surface area contributed by atoms with Crippen LogP contribution >= 0.6 is 11.6 Å². The molecule has 0 fully saturated rings. The fraction of sp³-hybridized carbons (Fsp3) is 0. The second kappa shape index (κ2) is 5.77. The van der Waals surface area contributed by atoms with Crippen molar-refractivity contribution in [2.24, 2.45) is 0 Å². The highest BCUT2D eigenvalue weighted by Gasteiger charge is 2.09. The predicted octanol–water partition coefficient (Wildman–Crippen LogP) is 1.55. The summed E-state index contributed by atoms with van der Waals surface area (Å²) in [6, 6.07) is 6.08. The maximum atomic E-state index is 10.8. The van der Waals surface area contributed by atoms with Crippen molar-refractivity contribution in [2.45, 2.75) is 0 Å². The molecule has 0 unspecified atom stereocenters. The van der Waals surface area contributed by atoms with Crippen LogP contribution in [0.4, 0.5) is 0 Å². The van der Waals surface area contributed by atoms with Crippen molar-refractivity contribution < 1.29 is 19.5 Å². The van der Waals surface area contributed by atoms with E-state index in [1.165, 1.54) is 12.1 Å². The molecule has 16 heavy (non-hydrogen) atoms. The minimum atomic E-state index is -1.10. The van der Waals surface area contributed by atoms with Gasteiger partial charge in [0, 0.05) is 12.3 Å². The number of carbonyl (C=O) groups excluding carboxylic acids is 1. The van der Waals surface area contributed by atoms with E-state index < -0.39 is 11.2 Å². The summed E-state index contributed by atoms with van der Waals surface area (Å²) in [7, 11) is 0. The second-order valence-electron chi connectivity index (χ2n) is 2.66. The molecule has 0 bridgehead atoms. The number of carbonyl (C=O) groups is 2. The number of aromatic carboxylic acids is 1. The highest BCUT2D eigenvalue weighted by Crippen LogP contribution is 2.16. The number of hydroxylamine groups is 1. The molecule has 5 nitrogen and oxygen atoms in total. The SMILES string of the molecule is O=C(Cl)C=CNOc1ccccc1C(=O)O. The van der Waals surface area contributed by atoms with Crippen LogP contribution < -0.4 is 10.3 Å². The molecule has 1 aromatic carbocycles. The molecule has 0 aliphatic heterocycles. The van der Waals surface area contributed by atoms with Crippen molar-refractivity contribution in [1.29, 1.82) is 0 Å². The first-order chi connectivity index (χ1) is 7.61. The lowest BCUT2D eigenvalue weighted by molar-refractivity contribution is -0.107. The lowest BCUT2D eigenvalue weighted by Gasteiger charge is -2.06. The largest absolute Gasteiger partial charge is 0.478 e. The van der Waals surface area contributed by atoms with E-state index in [2.05, 4.69) is 5.48 Å². The summed E-state index contributed by atoms with van der Waals surface area (Å²) in [5.41, 5.74) is 2.29. The monoisotopic (exact) mass is 241 g/mol. The minimum Gasteiger partial charge on any atom is -0.478 e. The van der Waals surface area contributed by atoms with E-state index >= 15 is 0 Å². The second-order valence-corrected chi connectivity index (χ2v) is 3.03. The highest BCUT2D eigenvalue weighted by molar-refractivity contribution is 6.66. The van der Waals surface area contributed by atoms with Gasteiger partial charge in [-0.25, -0.2) is 10.3 Å². The van der Waals surface area contributed by atoms with Gasteiger partial charge in [-0.1, -0.05) is 12.1 Å². The van der Waals surface area contributed by atoms with Crippen LogP contribution in [0.2, 0.25) is 0 Å². The van der Waals surface area contributed by atoms with Gasteiger partial charge in [0.25, 0.3) is 0 Å². The Balaban J connectivity index is 2.67. The summed E-state index contributed by atoms with van der Waals surface area (Å²) in [5, 5.41) is 8.15. The molecule has 0 spiro atoms. The number of halogens is 1. The Kier molecular flexibility index (Phi) is 4.35. The van der Waals surface area contributed by atoms with Crippen molar-refractivity contribution in [3.05, 3.63) is 42.1 Å². The van der Waals surface area contributed by atoms with E-state index in [1.807, 2.05) is 0 Å². The Morgan fingerprint density at radius 1 is 1.38 bits per heavy atom. The molecule has 0 aromatic heterocycles. The van der Waals surface area contributed by atoms with Gasteiger partial charge in [-0.15, -0.1) is 0 Å². The molecule has 84 valence electrons. The number of allylic oxidation sites excluding steroid dienone is 1. The topological polar surface area (TPSA) is 75.6 Å². The zero-order valence-corrected chi connectivity index (χ0v) is 8.77. The van der Waals surface area contributed by atoms with Crippen LogP contribution in [0.5, 0.6) is 5.75 Å². The van der Waals surface area contributed by atoms with Crippen LogP contribution in [0.1, 0.15) is 10.4 Å². The first kappa shape index (κ1) is 12.1. The number of para-hydroxylation sites is 1. The quantitative estimate of drug-likeness (QED) is 0.465. The smallest absolute Gasteiger partial charge is 0.339 e. The van der Waals surface area contributed by atoms with Crippen molar-refractivity contribution in [2.75, 3.05) is 0 Å². The summed E-state index contributed by atoms with van der Waals surface area (Å²) in [4.78, 5) is 26.0. The zero-order valence-electron chi connectivity index (χ0n) is 8.01. The standard InChI is InChI=1S/C10H8ClNO4/c11-9(13)5-6-12-16-8-4-2-1-3-7(8)10(14)15/h1-6,12H,(H,14,15). The van der Waals surface area contributed by atoms with Crippen LogP contribution in [0.25, 0.3) is 0 Å². The zero-order chi connectivity index (χ0) is 12.0. The van der Waals surface area contributed by atoms with Crippen molar-refractivity contribution >= 4 is 22.8 Å². The fourth-order valence-corrected chi connectivity index (χ4v) is 0.992. The van der Waals surface area contributed by atoms with E-state index in [0.717, 1.165) is 12.3 Å². The highest BCUT2D eigenvalue weighted by atomic mass is 35.5. The van der Waals surface area contributed by atoms with Crippen LogP contribution in [0.15, 0.2) is 36.5 Å². The van der Waals surface area contributed by atoms with E-state index in [1.54, 1.807) is 12.1 Å². The summed E-state index contributed by atoms with van der Waals surface area (Å²) in [5.74, 6) is -0.962. The maximum Gasteiger partial charge on any atom is 0.339 e. The maximum absolute atomic E-state index is 10.8. The third-order valence-electron chi connectivity index (χ3n) is 1.57. The lowest BCUT2D eigenvalue weighted by Crippen LogP contribution is -2.13. The number of nitrogens with one attached hydrogen (secondary N) is 1. The molecule has 0 heterocycles. The van der Waals surface area contributed by atoms with Gasteiger partial charge in [-0.2, -0.15) is 0 Å². The van der Waals surface area contributed by atoms with E-state index in [0.29, 0.717) is 0 Å². The van der Waals surface area contributed by atoms with Gasteiger partial charge in [0.1, 0.15) is 5.56 Å². The summed E-state index contributed by atoms with van der Waals surface area (Å²) < 4.78 is 0. The minimum absolute atomic E-state index is 0.0144. The van der Waals surface area contributed by atoms with Crippen LogP contribution in [-0.2, 0) is 4.79 Å². The molecule has 0 amide bonds. The Labute approximate surface area is 96.2 Å². The van der Waals surface area contributed by atoms with Crippen LogP contribution in [0.3, 0.4) is 0 Å². The molecular formula is C10H8ClNO4. The van der Waals surface area contributed by atoms with Gasteiger partial charge in [0.15, 0.2) is 5.75 Å². The molecule has 0 saturated heterocycles. The van der Waals surface area contributed by atoms with Crippen LogP contribution in [-0.4, -0.2) is 16.3 Å². The molecular weight excluding hydrogens is 234 g/mol. The molecule has 1 aromatic rings. The number of hydrogen-bond donors (Lipinski definition) is 2. The Hall–Kier alpha value is -2.01. The Bertz CT molecular complexity index is 431. The first-order valence-electron chi connectivity index (χ1n) is 4.22. The van der Waals surface area contributed by atoms with Gasteiger partial charge in [0.05, 0.1) is 0 Å². The van der Waals surface area contributed by atoms with Crippen molar-refractivity contribution in [1.82, 2.24) is 5.48 Å². The molecule has 6 heteroatoms. The third-order valence-corrected chi connectivity index (χ3v) is 1.69.